The van der Waals surface area contributed by atoms with Crippen LogP contribution in [0.4, 0.5) is 0 Å². The highest BCUT2D eigenvalue weighted by molar-refractivity contribution is 7.09. The van der Waals surface area contributed by atoms with Gasteiger partial charge in [0.1, 0.15) is 5.69 Å². The van der Waals surface area contributed by atoms with Crippen LogP contribution in [0.3, 0.4) is 0 Å². The van der Waals surface area contributed by atoms with Gasteiger partial charge in [0.25, 0.3) is 5.91 Å². The molecule has 3 rings (SSSR count). The number of nitrogens with zero attached hydrogens (tertiary/aromatic N) is 2. The van der Waals surface area contributed by atoms with Crippen LogP contribution < -0.4 is 5.73 Å². The lowest BCUT2D eigenvalue weighted by Crippen LogP contribution is -2.36. The second-order valence-corrected chi connectivity index (χ2v) is 7.06. The van der Waals surface area contributed by atoms with Crippen LogP contribution in [0.1, 0.15) is 46.4 Å². The van der Waals surface area contributed by atoms with Gasteiger partial charge in [-0.05, 0) is 31.4 Å². The number of likely N-dealkylation sites (tertiary alicyclic amines) is 1. The van der Waals surface area contributed by atoms with E-state index >= 15 is 0 Å². The Morgan fingerprint density at radius 1 is 1.42 bits per heavy atom. The summed E-state index contributed by atoms with van der Waals surface area (Å²) in [6.45, 7) is 1.27. The van der Waals surface area contributed by atoms with E-state index < -0.39 is 6.10 Å². The van der Waals surface area contributed by atoms with E-state index in [0.717, 1.165) is 30.0 Å². The Labute approximate surface area is 146 Å². The summed E-state index contributed by atoms with van der Waals surface area (Å²) in [6, 6.07) is 9.68. The molecule has 1 aliphatic rings. The Morgan fingerprint density at radius 3 is 2.96 bits per heavy atom. The summed E-state index contributed by atoms with van der Waals surface area (Å²) in [7, 11) is 0. The average Bonchev–Trinajstić information content (AvgIpc) is 3.25. The lowest BCUT2D eigenvalue weighted by molar-refractivity contribution is 0.0662. The van der Waals surface area contributed by atoms with Crippen LogP contribution >= 0.6 is 11.3 Å². The third-order valence-corrected chi connectivity index (χ3v) is 5.36. The van der Waals surface area contributed by atoms with Gasteiger partial charge in [-0.15, -0.1) is 11.3 Å². The molecule has 2 unspecified atom stereocenters. The number of carbonyl (C=O) groups is 1. The smallest absolute Gasteiger partial charge is 0.273 e. The molecule has 1 amide bonds. The molecule has 2 heterocycles. The Hall–Kier alpha value is -1.76. The summed E-state index contributed by atoms with van der Waals surface area (Å²) in [5, 5.41) is 13.2. The molecule has 0 saturated carbocycles. The number of aliphatic hydroxyl groups excluding tert-OH is 1. The average molecular weight is 345 g/mol. The van der Waals surface area contributed by atoms with Gasteiger partial charge < -0.3 is 15.7 Å². The van der Waals surface area contributed by atoms with Crippen LogP contribution in [0.25, 0.3) is 0 Å². The molecule has 1 aromatic carbocycles. The maximum absolute atomic E-state index is 12.8. The molecule has 1 saturated heterocycles. The van der Waals surface area contributed by atoms with Crippen molar-refractivity contribution in [3.05, 3.63) is 52.0 Å². The van der Waals surface area contributed by atoms with Crippen molar-refractivity contribution in [1.82, 2.24) is 9.88 Å². The number of carbonyl (C=O) groups excluding carboxylic acids is 1. The number of amides is 1. The number of rotatable bonds is 6. The van der Waals surface area contributed by atoms with E-state index in [1.807, 2.05) is 40.6 Å². The van der Waals surface area contributed by atoms with Gasteiger partial charge in [-0.25, -0.2) is 4.98 Å². The van der Waals surface area contributed by atoms with Crippen LogP contribution in [0.5, 0.6) is 0 Å². The molecule has 1 fully saturated rings. The Kier molecular flexibility index (Phi) is 5.60. The molecule has 3 N–H and O–H groups in total. The summed E-state index contributed by atoms with van der Waals surface area (Å²) in [4.78, 5) is 19.0. The van der Waals surface area contributed by atoms with Crippen LogP contribution in [-0.2, 0) is 6.42 Å². The third kappa shape index (κ3) is 3.83. The van der Waals surface area contributed by atoms with E-state index in [-0.39, 0.29) is 11.9 Å². The SMILES string of the molecule is NCCc1nc(C(=O)N2CCCC2CC(O)c2ccccc2)cs1. The van der Waals surface area contributed by atoms with Crippen molar-refractivity contribution in [3.8, 4) is 0 Å². The fourth-order valence-electron chi connectivity index (χ4n) is 3.21. The zero-order valence-electron chi connectivity index (χ0n) is 13.6. The number of nitrogens with two attached hydrogens (primary N) is 1. The molecule has 1 aliphatic heterocycles. The summed E-state index contributed by atoms with van der Waals surface area (Å²) < 4.78 is 0. The van der Waals surface area contributed by atoms with Gasteiger partial charge in [0.15, 0.2) is 0 Å². The first kappa shape index (κ1) is 17.1. The van der Waals surface area contributed by atoms with E-state index in [1.165, 1.54) is 11.3 Å². The first-order valence-electron chi connectivity index (χ1n) is 8.37. The van der Waals surface area contributed by atoms with Crippen molar-refractivity contribution in [3.63, 3.8) is 0 Å². The van der Waals surface area contributed by atoms with Gasteiger partial charge in [0.2, 0.25) is 0 Å². The van der Waals surface area contributed by atoms with Crippen molar-refractivity contribution in [2.75, 3.05) is 13.1 Å². The minimum atomic E-state index is -0.548. The molecule has 0 aliphatic carbocycles. The molecule has 128 valence electrons. The Bertz CT molecular complexity index is 674. The fraction of sp³-hybridized carbons (Fsp3) is 0.444. The van der Waals surface area contributed by atoms with Crippen molar-refractivity contribution in [1.29, 1.82) is 0 Å². The van der Waals surface area contributed by atoms with Crippen molar-refractivity contribution >= 4 is 17.2 Å². The molecule has 6 heteroatoms. The zero-order chi connectivity index (χ0) is 16.9. The molecule has 2 aromatic rings. The van der Waals surface area contributed by atoms with Crippen LogP contribution in [0, 0.1) is 0 Å². The lowest BCUT2D eigenvalue weighted by atomic mass is 10.0. The van der Waals surface area contributed by atoms with Gasteiger partial charge in [-0.3, -0.25) is 4.79 Å². The molecular weight excluding hydrogens is 322 g/mol. The molecule has 5 nitrogen and oxygen atoms in total. The van der Waals surface area contributed by atoms with Crippen LogP contribution in [-0.4, -0.2) is 40.0 Å². The fourth-order valence-corrected chi connectivity index (χ4v) is 4.00. The van der Waals surface area contributed by atoms with Crippen LogP contribution in [0.2, 0.25) is 0 Å². The minimum Gasteiger partial charge on any atom is -0.388 e. The second kappa shape index (κ2) is 7.88. The predicted molar refractivity (Wildman–Crippen MR) is 94.9 cm³/mol. The standard InChI is InChI=1S/C18H23N3O2S/c19-9-8-17-20-15(12-24-17)18(23)21-10-4-7-14(21)11-16(22)13-5-2-1-3-6-13/h1-3,5-6,12,14,16,22H,4,7-11,19H2. The topological polar surface area (TPSA) is 79.5 Å². The Balaban J connectivity index is 1.67. The van der Waals surface area contributed by atoms with Gasteiger partial charge in [0.05, 0.1) is 11.1 Å². The number of aromatic nitrogens is 1. The maximum Gasteiger partial charge on any atom is 0.273 e. The summed E-state index contributed by atoms with van der Waals surface area (Å²) >= 11 is 1.49. The molecule has 0 bridgehead atoms. The molecule has 1 aromatic heterocycles. The molecular formula is C18H23N3O2S. The van der Waals surface area contributed by atoms with E-state index in [1.54, 1.807) is 0 Å². The largest absolute Gasteiger partial charge is 0.388 e. The van der Waals surface area contributed by atoms with Crippen molar-refractivity contribution < 1.29 is 9.90 Å². The predicted octanol–water partition coefficient (Wildman–Crippen LogP) is 2.37. The lowest BCUT2D eigenvalue weighted by Gasteiger charge is -2.26. The maximum atomic E-state index is 12.8. The van der Waals surface area contributed by atoms with Gasteiger partial charge in [-0.2, -0.15) is 0 Å². The van der Waals surface area contributed by atoms with Crippen molar-refractivity contribution in [2.45, 2.75) is 37.8 Å². The normalized spacial score (nSPS) is 18.8. The number of thiazole rings is 1. The van der Waals surface area contributed by atoms with Crippen molar-refractivity contribution in [2.24, 2.45) is 5.73 Å². The summed E-state index contributed by atoms with van der Waals surface area (Å²) in [6.07, 6.45) is 2.62. The van der Waals surface area contributed by atoms with E-state index in [4.69, 9.17) is 5.73 Å². The minimum absolute atomic E-state index is 0.0303. The van der Waals surface area contributed by atoms with Gasteiger partial charge in [0, 0.05) is 24.4 Å². The monoisotopic (exact) mass is 345 g/mol. The van der Waals surface area contributed by atoms with Crippen LogP contribution in [0.15, 0.2) is 35.7 Å². The number of aliphatic hydroxyl groups is 1. The van der Waals surface area contributed by atoms with Gasteiger partial charge in [-0.1, -0.05) is 30.3 Å². The highest BCUT2D eigenvalue weighted by Crippen LogP contribution is 2.28. The first-order chi connectivity index (χ1) is 11.7. The number of benzene rings is 1. The van der Waals surface area contributed by atoms with E-state index in [0.29, 0.717) is 25.1 Å². The second-order valence-electron chi connectivity index (χ2n) is 6.12. The molecule has 24 heavy (non-hydrogen) atoms. The van der Waals surface area contributed by atoms with Gasteiger partial charge >= 0.3 is 0 Å². The first-order valence-corrected chi connectivity index (χ1v) is 9.25. The molecule has 0 spiro atoms. The van der Waals surface area contributed by atoms with E-state index in [9.17, 15) is 9.90 Å². The molecule has 0 radical (unpaired) electrons. The quantitative estimate of drug-likeness (QED) is 0.842. The number of hydrogen-bond acceptors (Lipinski definition) is 5. The highest BCUT2D eigenvalue weighted by Gasteiger charge is 2.32. The number of hydrogen-bond donors (Lipinski definition) is 2. The zero-order valence-corrected chi connectivity index (χ0v) is 14.4. The molecule has 2 atom stereocenters. The highest BCUT2D eigenvalue weighted by atomic mass is 32.1. The summed E-state index contributed by atoms with van der Waals surface area (Å²) in [5.74, 6) is -0.0303. The Morgan fingerprint density at radius 2 is 2.21 bits per heavy atom. The third-order valence-electron chi connectivity index (χ3n) is 4.45. The van der Waals surface area contributed by atoms with E-state index in [2.05, 4.69) is 4.98 Å². The summed E-state index contributed by atoms with van der Waals surface area (Å²) in [5.41, 5.74) is 6.95.